The van der Waals surface area contributed by atoms with Crippen molar-refractivity contribution in [2.24, 2.45) is 5.41 Å². The van der Waals surface area contributed by atoms with Gasteiger partial charge in [0.2, 0.25) is 0 Å². The van der Waals surface area contributed by atoms with Gasteiger partial charge in [-0.25, -0.2) is 0 Å². The summed E-state index contributed by atoms with van der Waals surface area (Å²) < 4.78 is 17.8. The molecule has 0 fully saturated rings. The van der Waals surface area contributed by atoms with Gasteiger partial charge in [-0.1, -0.05) is 40.5 Å². The Morgan fingerprint density at radius 2 is 1.52 bits per heavy atom. The molecule has 140 valence electrons. The Kier molecular flexibility index (Phi) is 7.16. The van der Waals surface area contributed by atoms with Crippen LogP contribution in [0.5, 0.6) is 11.5 Å². The van der Waals surface area contributed by atoms with Crippen LogP contribution >= 0.6 is 0 Å². The predicted octanol–water partition coefficient (Wildman–Crippen LogP) is 5.51. The highest BCUT2D eigenvalue weighted by molar-refractivity contribution is 6.74. The first-order chi connectivity index (χ1) is 11.4. The summed E-state index contributed by atoms with van der Waals surface area (Å²) in [5.41, 5.74) is -0.224. The summed E-state index contributed by atoms with van der Waals surface area (Å²) in [4.78, 5) is 0. The minimum absolute atomic E-state index is 0.146. The van der Waals surface area contributed by atoms with Crippen LogP contribution < -0.4 is 9.47 Å². The van der Waals surface area contributed by atoms with Gasteiger partial charge in [-0.15, -0.1) is 5.92 Å². The molecule has 0 bridgehead atoms. The molecule has 0 aliphatic heterocycles. The van der Waals surface area contributed by atoms with E-state index in [1.807, 2.05) is 31.2 Å². The van der Waals surface area contributed by atoms with Crippen LogP contribution in [-0.2, 0) is 4.43 Å². The second kappa shape index (κ2) is 8.29. The standard InChI is InChI=1S/C21H34O3Si/c1-10-11-19(24-25(8,9)20(2,3)4)21(5,6)16-23-18-14-12-17(22-7)13-15-18/h12-15,19H,16H2,1-9H3. The van der Waals surface area contributed by atoms with Gasteiger partial charge >= 0.3 is 0 Å². The number of methoxy groups -OCH3 is 1. The number of hydrogen-bond donors (Lipinski definition) is 0. The zero-order valence-electron chi connectivity index (χ0n) is 17.3. The fourth-order valence-electron chi connectivity index (χ4n) is 2.00. The Hall–Kier alpha value is -1.44. The molecule has 0 aromatic heterocycles. The first kappa shape index (κ1) is 21.6. The predicted molar refractivity (Wildman–Crippen MR) is 108 cm³/mol. The first-order valence-corrected chi connectivity index (χ1v) is 11.7. The molecule has 0 saturated carbocycles. The molecular weight excluding hydrogens is 328 g/mol. The lowest BCUT2D eigenvalue weighted by atomic mass is 9.88. The van der Waals surface area contributed by atoms with Crippen molar-refractivity contribution in [1.82, 2.24) is 0 Å². The van der Waals surface area contributed by atoms with E-state index in [0.29, 0.717) is 6.61 Å². The van der Waals surface area contributed by atoms with Gasteiger partial charge < -0.3 is 13.9 Å². The van der Waals surface area contributed by atoms with E-state index in [4.69, 9.17) is 13.9 Å². The summed E-state index contributed by atoms with van der Waals surface area (Å²) >= 11 is 0. The molecule has 1 atom stereocenters. The lowest BCUT2D eigenvalue weighted by Crippen LogP contribution is -2.48. The monoisotopic (exact) mass is 362 g/mol. The van der Waals surface area contributed by atoms with Crippen LogP contribution in [-0.4, -0.2) is 28.1 Å². The highest BCUT2D eigenvalue weighted by Gasteiger charge is 2.42. The summed E-state index contributed by atoms with van der Waals surface area (Å²) in [6.07, 6.45) is -0.156. The van der Waals surface area contributed by atoms with Crippen molar-refractivity contribution in [2.45, 2.75) is 65.8 Å². The van der Waals surface area contributed by atoms with Crippen LogP contribution in [0.1, 0.15) is 41.5 Å². The summed E-state index contributed by atoms with van der Waals surface area (Å²) in [6.45, 7) is 18.0. The van der Waals surface area contributed by atoms with Crippen LogP contribution in [0.4, 0.5) is 0 Å². The average Bonchev–Trinajstić information content (AvgIpc) is 2.52. The molecule has 0 amide bonds. The van der Waals surface area contributed by atoms with Gasteiger partial charge in [-0.3, -0.25) is 0 Å². The van der Waals surface area contributed by atoms with Crippen molar-refractivity contribution >= 4 is 8.32 Å². The molecule has 0 aliphatic rings. The van der Waals surface area contributed by atoms with Crippen LogP contribution in [0, 0.1) is 17.3 Å². The summed E-state index contributed by atoms with van der Waals surface area (Å²) in [5.74, 6) is 7.95. The third-order valence-corrected chi connectivity index (χ3v) is 9.31. The fraction of sp³-hybridized carbons (Fsp3) is 0.619. The number of rotatable bonds is 7. The minimum Gasteiger partial charge on any atom is -0.497 e. The maximum atomic E-state index is 6.60. The second-order valence-corrected chi connectivity index (χ2v) is 13.4. The van der Waals surface area contributed by atoms with Crippen molar-refractivity contribution in [3.05, 3.63) is 24.3 Å². The maximum absolute atomic E-state index is 6.60. The van der Waals surface area contributed by atoms with Crippen LogP contribution in [0.2, 0.25) is 18.1 Å². The second-order valence-electron chi connectivity index (χ2n) is 8.61. The topological polar surface area (TPSA) is 27.7 Å². The van der Waals surface area contributed by atoms with Gasteiger partial charge in [0.25, 0.3) is 0 Å². The molecule has 1 rings (SSSR count). The van der Waals surface area contributed by atoms with E-state index in [1.165, 1.54) is 0 Å². The Morgan fingerprint density at radius 1 is 1.00 bits per heavy atom. The Balaban J connectivity index is 2.87. The van der Waals surface area contributed by atoms with Crippen LogP contribution in [0.25, 0.3) is 0 Å². The van der Waals surface area contributed by atoms with Gasteiger partial charge in [0.15, 0.2) is 8.32 Å². The number of ether oxygens (including phenoxy) is 2. The third-order valence-electron chi connectivity index (χ3n) is 4.87. The van der Waals surface area contributed by atoms with Crippen molar-refractivity contribution in [3.63, 3.8) is 0 Å². The number of hydrogen-bond acceptors (Lipinski definition) is 3. The quantitative estimate of drug-likeness (QED) is 0.472. The molecule has 0 heterocycles. The summed E-state index contributed by atoms with van der Waals surface area (Å²) in [7, 11) is -0.252. The molecule has 25 heavy (non-hydrogen) atoms. The molecule has 1 aromatic rings. The van der Waals surface area contributed by atoms with E-state index in [-0.39, 0.29) is 16.6 Å². The lowest BCUT2D eigenvalue weighted by Gasteiger charge is -2.42. The van der Waals surface area contributed by atoms with Gasteiger partial charge in [0.1, 0.15) is 17.6 Å². The molecular formula is C21H34O3Si. The molecule has 0 radical (unpaired) electrons. The molecule has 1 unspecified atom stereocenters. The Bertz CT molecular complexity index is 601. The minimum atomic E-state index is -1.91. The first-order valence-electron chi connectivity index (χ1n) is 8.80. The maximum Gasteiger partial charge on any atom is 0.193 e. The van der Waals surface area contributed by atoms with Gasteiger partial charge in [0.05, 0.1) is 13.7 Å². The highest BCUT2D eigenvalue weighted by Crippen LogP contribution is 2.39. The van der Waals surface area contributed by atoms with Crippen LogP contribution in [0.15, 0.2) is 24.3 Å². The zero-order chi connectivity index (χ0) is 19.3. The average molecular weight is 363 g/mol. The van der Waals surface area contributed by atoms with Crippen molar-refractivity contribution in [2.75, 3.05) is 13.7 Å². The van der Waals surface area contributed by atoms with Crippen molar-refractivity contribution in [3.8, 4) is 23.3 Å². The smallest absolute Gasteiger partial charge is 0.193 e. The normalized spacial score (nSPS) is 13.6. The molecule has 0 N–H and O–H groups in total. The largest absolute Gasteiger partial charge is 0.497 e. The molecule has 0 saturated heterocycles. The number of benzene rings is 1. The third kappa shape index (κ3) is 6.09. The van der Waals surface area contributed by atoms with Crippen molar-refractivity contribution < 1.29 is 13.9 Å². The Labute approximate surface area is 155 Å². The van der Waals surface area contributed by atoms with E-state index in [1.54, 1.807) is 7.11 Å². The molecule has 0 aliphatic carbocycles. The van der Waals surface area contributed by atoms with E-state index < -0.39 is 8.32 Å². The Morgan fingerprint density at radius 3 is 1.96 bits per heavy atom. The van der Waals surface area contributed by atoms with E-state index in [9.17, 15) is 0 Å². The van der Waals surface area contributed by atoms with Gasteiger partial charge in [-0.2, -0.15) is 0 Å². The summed E-state index contributed by atoms with van der Waals surface area (Å²) in [6, 6.07) is 7.64. The fourth-order valence-corrected chi connectivity index (χ4v) is 3.32. The molecule has 1 aromatic carbocycles. The molecule has 3 nitrogen and oxygen atoms in total. The summed E-state index contributed by atoms with van der Waals surface area (Å²) in [5, 5.41) is 0.146. The molecule has 0 spiro atoms. The molecule has 4 heteroatoms. The van der Waals surface area contributed by atoms with Crippen LogP contribution in [0.3, 0.4) is 0 Å². The van der Waals surface area contributed by atoms with Gasteiger partial charge in [-0.05, 0) is 49.3 Å². The van der Waals surface area contributed by atoms with Gasteiger partial charge in [0, 0.05) is 5.41 Å². The zero-order valence-corrected chi connectivity index (χ0v) is 18.3. The van der Waals surface area contributed by atoms with Crippen molar-refractivity contribution in [1.29, 1.82) is 0 Å². The SMILES string of the molecule is CC#CC(O[Si](C)(C)C(C)(C)C)C(C)(C)COc1ccc(OC)cc1. The highest BCUT2D eigenvalue weighted by atomic mass is 28.4. The van der Waals surface area contributed by atoms with E-state index in [2.05, 4.69) is 59.6 Å². The van der Waals surface area contributed by atoms with E-state index in [0.717, 1.165) is 11.5 Å². The lowest BCUT2D eigenvalue weighted by molar-refractivity contribution is 0.0604. The van der Waals surface area contributed by atoms with E-state index >= 15 is 0 Å².